The van der Waals surface area contributed by atoms with Gasteiger partial charge in [0.15, 0.2) is 0 Å². The Kier molecular flexibility index (Phi) is 1.27. The summed E-state index contributed by atoms with van der Waals surface area (Å²) in [4.78, 5) is 11.6. The van der Waals surface area contributed by atoms with Crippen molar-refractivity contribution in [3.63, 3.8) is 0 Å². The van der Waals surface area contributed by atoms with Crippen LogP contribution in [0.3, 0.4) is 0 Å². The minimum absolute atomic E-state index is 0.439. The lowest BCUT2D eigenvalue weighted by Gasteiger charge is -2.30. The van der Waals surface area contributed by atoms with Crippen molar-refractivity contribution in [2.45, 2.75) is 25.7 Å². The molecule has 0 unspecified atom stereocenters. The summed E-state index contributed by atoms with van der Waals surface area (Å²) >= 11 is 0. The number of Topliss-reactive ketones (excluding diaryl/α,β-unsaturated/α-hetero) is 1. The van der Waals surface area contributed by atoms with Crippen molar-refractivity contribution in [3.8, 4) is 0 Å². The van der Waals surface area contributed by atoms with Gasteiger partial charge in [-0.2, -0.15) is 0 Å². The van der Waals surface area contributed by atoms with Crippen molar-refractivity contribution in [2.75, 3.05) is 0 Å². The van der Waals surface area contributed by atoms with Gasteiger partial charge in [0.1, 0.15) is 5.78 Å². The molecule has 0 saturated heterocycles. The zero-order valence-electron chi connectivity index (χ0n) is 7.20. The fraction of sp³-hybridized carbons (Fsp3) is 0.727. The Morgan fingerprint density at radius 3 is 2.92 bits per heavy atom. The van der Waals surface area contributed by atoms with Gasteiger partial charge in [0, 0.05) is 12.3 Å². The third kappa shape index (κ3) is 0.720. The summed E-state index contributed by atoms with van der Waals surface area (Å²) in [6.45, 7) is 0. The zero-order chi connectivity index (χ0) is 8.13. The molecular weight excluding hydrogens is 148 g/mol. The van der Waals surface area contributed by atoms with Crippen molar-refractivity contribution in [2.24, 2.45) is 23.7 Å². The van der Waals surface area contributed by atoms with Crippen molar-refractivity contribution in [1.29, 1.82) is 0 Å². The summed E-state index contributed by atoms with van der Waals surface area (Å²) < 4.78 is 0. The summed E-state index contributed by atoms with van der Waals surface area (Å²) in [6.07, 6.45) is 9.23. The monoisotopic (exact) mass is 162 g/mol. The average Bonchev–Trinajstić information content (AvgIpc) is 2.64. The molecule has 0 aromatic carbocycles. The second-order valence-electron chi connectivity index (χ2n) is 4.50. The minimum atomic E-state index is 0.439. The van der Waals surface area contributed by atoms with Gasteiger partial charge in [0.2, 0.25) is 0 Å². The maximum absolute atomic E-state index is 11.6. The predicted octanol–water partition coefficient (Wildman–Crippen LogP) is 2.18. The number of allylic oxidation sites excluding steroid dienone is 2. The van der Waals surface area contributed by atoms with Crippen LogP contribution in [0.1, 0.15) is 25.7 Å². The molecule has 64 valence electrons. The Morgan fingerprint density at radius 1 is 1.25 bits per heavy atom. The SMILES string of the molecule is O=C1CCC[C@@H]2[C@@H]1[C@@H]1C=C[C@H]2C1. The molecule has 0 N–H and O–H groups in total. The van der Waals surface area contributed by atoms with E-state index in [1.54, 1.807) is 0 Å². The van der Waals surface area contributed by atoms with Gasteiger partial charge in [-0.3, -0.25) is 4.79 Å². The molecule has 1 heteroatoms. The average molecular weight is 162 g/mol. The van der Waals surface area contributed by atoms with E-state index in [2.05, 4.69) is 12.2 Å². The summed E-state index contributed by atoms with van der Waals surface area (Å²) in [6, 6.07) is 0. The number of carbonyl (C=O) groups excluding carboxylic acids is 1. The Labute approximate surface area is 72.8 Å². The first-order valence-corrected chi connectivity index (χ1v) is 5.07. The van der Waals surface area contributed by atoms with Gasteiger partial charge in [-0.15, -0.1) is 0 Å². The molecule has 0 aromatic heterocycles. The highest BCUT2D eigenvalue weighted by atomic mass is 16.1. The molecule has 4 atom stereocenters. The normalized spacial score (nSPS) is 49.8. The van der Waals surface area contributed by atoms with E-state index in [-0.39, 0.29) is 0 Å². The van der Waals surface area contributed by atoms with Gasteiger partial charge in [-0.1, -0.05) is 12.2 Å². The van der Waals surface area contributed by atoms with Gasteiger partial charge < -0.3 is 0 Å². The fourth-order valence-electron chi connectivity index (χ4n) is 3.47. The van der Waals surface area contributed by atoms with Crippen LogP contribution >= 0.6 is 0 Å². The van der Waals surface area contributed by atoms with Crippen molar-refractivity contribution in [3.05, 3.63) is 12.2 Å². The van der Waals surface area contributed by atoms with Crippen LogP contribution in [0.25, 0.3) is 0 Å². The van der Waals surface area contributed by atoms with Gasteiger partial charge in [-0.25, -0.2) is 0 Å². The topological polar surface area (TPSA) is 17.1 Å². The van der Waals surface area contributed by atoms with Gasteiger partial charge in [-0.05, 0) is 37.0 Å². The molecule has 0 radical (unpaired) electrons. The Morgan fingerprint density at radius 2 is 2.08 bits per heavy atom. The van der Waals surface area contributed by atoms with Crippen molar-refractivity contribution >= 4 is 5.78 Å². The molecule has 3 aliphatic carbocycles. The Balaban J connectivity index is 1.97. The summed E-state index contributed by atoms with van der Waals surface area (Å²) in [5, 5.41) is 0. The quantitative estimate of drug-likeness (QED) is 0.499. The molecule has 0 aliphatic heterocycles. The number of carbonyl (C=O) groups is 1. The first-order valence-electron chi connectivity index (χ1n) is 5.07. The van der Waals surface area contributed by atoms with E-state index in [0.29, 0.717) is 17.6 Å². The molecule has 1 nitrogen and oxygen atoms in total. The lowest BCUT2D eigenvalue weighted by Crippen LogP contribution is -2.31. The second kappa shape index (κ2) is 2.21. The maximum atomic E-state index is 11.6. The number of fused-ring (bicyclic) bond motifs is 5. The highest BCUT2D eigenvalue weighted by Crippen LogP contribution is 2.52. The molecule has 3 aliphatic rings. The van der Waals surface area contributed by atoms with E-state index in [4.69, 9.17) is 0 Å². The molecule has 2 bridgehead atoms. The van der Waals surface area contributed by atoms with E-state index in [1.165, 1.54) is 12.8 Å². The van der Waals surface area contributed by atoms with Crippen molar-refractivity contribution in [1.82, 2.24) is 0 Å². The Hall–Kier alpha value is -0.590. The summed E-state index contributed by atoms with van der Waals surface area (Å²) in [7, 11) is 0. The van der Waals surface area contributed by atoms with Crippen LogP contribution in [0.5, 0.6) is 0 Å². The number of hydrogen-bond donors (Lipinski definition) is 0. The van der Waals surface area contributed by atoms with Crippen LogP contribution in [0, 0.1) is 23.7 Å². The third-order valence-electron chi connectivity index (χ3n) is 3.95. The standard InChI is InChI=1S/C11H14O/c12-10-3-1-2-9-7-4-5-8(6-7)11(9)10/h4-5,7-9,11H,1-3,6H2/t7-,8+,9-,11-/m0/s1. The summed E-state index contributed by atoms with van der Waals surface area (Å²) in [5.74, 6) is 3.13. The molecule has 0 aromatic rings. The van der Waals surface area contributed by atoms with Gasteiger partial charge >= 0.3 is 0 Å². The Bertz CT molecular complexity index is 254. The lowest BCUT2D eigenvalue weighted by atomic mass is 9.73. The molecule has 2 fully saturated rings. The second-order valence-corrected chi connectivity index (χ2v) is 4.50. The van der Waals surface area contributed by atoms with Crippen molar-refractivity contribution < 1.29 is 4.79 Å². The number of ketones is 1. The maximum Gasteiger partial charge on any atom is 0.136 e. The van der Waals surface area contributed by atoms with Crippen LogP contribution in [-0.4, -0.2) is 5.78 Å². The smallest absolute Gasteiger partial charge is 0.136 e. The molecule has 3 rings (SSSR count). The van der Waals surface area contributed by atoms with E-state index in [0.717, 1.165) is 24.7 Å². The lowest BCUT2D eigenvalue weighted by molar-refractivity contribution is -0.127. The highest BCUT2D eigenvalue weighted by Gasteiger charge is 2.48. The van der Waals surface area contributed by atoms with Crippen LogP contribution < -0.4 is 0 Å². The number of hydrogen-bond acceptors (Lipinski definition) is 1. The molecule has 2 saturated carbocycles. The van der Waals surface area contributed by atoms with E-state index in [9.17, 15) is 4.79 Å². The zero-order valence-corrected chi connectivity index (χ0v) is 7.20. The van der Waals surface area contributed by atoms with Gasteiger partial charge in [0.25, 0.3) is 0 Å². The minimum Gasteiger partial charge on any atom is -0.299 e. The summed E-state index contributed by atoms with van der Waals surface area (Å²) in [5.41, 5.74) is 0. The number of rotatable bonds is 0. The van der Waals surface area contributed by atoms with E-state index in [1.807, 2.05) is 0 Å². The predicted molar refractivity (Wildman–Crippen MR) is 46.6 cm³/mol. The van der Waals surface area contributed by atoms with Crippen LogP contribution in [-0.2, 0) is 4.79 Å². The highest BCUT2D eigenvalue weighted by molar-refractivity contribution is 5.83. The molecule has 0 heterocycles. The van der Waals surface area contributed by atoms with Crippen LogP contribution in [0.15, 0.2) is 12.2 Å². The molecule has 0 spiro atoms. The van der Waals surface area contributed by atoms with Gasteiger partial charge in [0.05, 0.1) is 0 Å². The first-order chi connectivity index (χ1) is 5.86. The van der Waals surface area contributed by atoms with E-state index >= 15 is 0 Å². The van der Waals surface area contributed by atoms with E-state index < -0.39 is 0 Å². The largest absolute Gasteiger partial charge is 0.299 e. The molecular formula is C11H14O. The van der Waals surface area contributed by atoms with Crippen LogP contribution in [0.4, 0.5) is 0 Å². The molecule has 0 amide bonds. The fourth-order valence-corrected chi connectivity index (χ4v) is 3.47. The molecule has 12 heavy (non-hydrogen) atoms. The third-order valence-corrected chi connectivity index (χ3v) is 3.95. The first kappa shape index (κ1) is 6.88. The van der Waals surface area contributed by atoms with Crippen LogP contribution in [0.2, 0.25) is 0 Å².